The Hall–Kier alpha value is -1.31. The topological polar surface area (TPSA) is 26.3 Å². The van der Waals surface area contributed by atoms with Gasteiger partial charge in [0, 0.05) is 0 Å². The van der Waals surface area contributed by atoms with E-state index in [1.54, 1.807) is 0 Å². The van der Waals surface area contributed by atoms with E-state index >= 15 is 0 Å². The van der Waals surface area contributed by atoms with Crippen LogP contribution in [-0.2, 0) is 9.53 Å². The lowest BCUT2D eigenvalue weighted by atomic mass is 10.0. The molecule has 2 nitrogen and oxygen atoms in total. The van der Waals surface area contributed by atoms with Crippen LogP contribution in [0, 0.1) is 13.8 Å². The number of aryl methyl sites for hydroxylation is 2. The molecule has 70 valence electrons. The van der Waals surface area contributed by atoms with Gasteiger partial charge < -0.3 is 4.74 Å². The van der Waals surface area contributed by atoms with E-state index in [9.17, 15) is 4.79 Å². The van der Waals surface area contributed by atoms with Crippen LogP contribution in [0.4, 0.5) is 0 Å². The summed E-state index contributed by atoms with van der Waals surface area (Å²) in [5, 5.41) is 0. The second-order valence-corrected chi connectivity index (χ2v) is 3.23. The highest BCUT2D eigenvalue weighted by Gasteiger charge is 2.07. The Balaban J connectivity index is 2.94. The van der Waals surface area contributed by atoms with Crippen LogP contribution in [-0.4, -0.2) is 6.47 Å². The van der Waals surface area contributed by atoms with E-state index in [2.05, 4.69) is 6.07 Å². The fraction of sp³-hybridized carbons (Fsp3) is 0.364. The van der Waals surface area contributed by atoms with Gasteiger partial charge in [-0.25, -0.2) is 0 Å². The molecular weight excluding hydrogens is 164 g/mol. The molecule has 0 saturated heterocycles. The van der Waals surface area contributed by atoms with Crippen molar-refractivity contribution in [3.8, 4) is 0 Å². The largest absolute Gasteiger partial charge is 0.460 e. The fourth-order valence-corrected chi connectivity index (χ4v) is 1.44. The molecular formula is C11H14O2. The van der Waals surface area contributed by atoms with Gasteiger partial charge in [0.25, 0.3) is 6.47 Å². The van der Waals surface area contributed by atoms with Gasteiger partial charge >= 0.3 is 0 Å². The molecule has 2 heteroatoms. The first-order chi connectivity index (χ1) is 6.15. The Morgan fingerprint density at radius 1 is 1.38 bits per heavy atom. The van der Waals surface area contributed by atoms with Crippen molar-refractivity contribution < 1.29 is 9.53 Å². The quantitative estimate of drug-likeness (QED) is 0.665. The molecule has 0 radical (unpaired) electrons. The SMILES string of the molecule is Cc1ccc(C(C)OC=O)c(C)c1. The van der Waals surface area contributed by atoms with Gasteiger partial charge in [-0.15, -0.1) is 0 Å². The molecule has 0 aliphatic rings. The average Bonchev–Trinajstić information content (AvgIpc) is 2.04. The van der Waals surface area contributed by atoms with E-state index in [4.69, 9.17) is 4.74 Å². The maximum Gasteiger partial charge on any atom is 0.293 e. The Kier molecular flexibility index (Phi) is 3.07. The minimum absolute atomic E-state index is 0.155. The number of carbonyl (C=O) groups excluding carboxylic acids is 1. The third-order valence-corrected chi connectivity index (χ3v) is 2.12. The highest BCUT2D eigenvalue weighted by Crippen LogP contribution is 2.20. The van der Waals surface area contributed by atoms with Crippen LogP contribution in [0.2, 0.25) is 0 Å². The predicted molar refractivity (Wildman–Crippen MR) is 51.5 cm³/mol. The summed E-state index contributed by atoms with van der Waals surface area (Å²) in [7, 11) is 0. The van der Waals surface area contributed by atoms with Crippen molar-refractivity contribution in [1.82, 2.24) is 0 Å². The number of carbonyl (C=O) groups is 1. The molecule has 1 atom stereocenters. The Labute approximate surface area is 78.5 Å². The summed E-state index contributed by atoms with van der Waals surface area (Å²) in [4.78, 5) is 10.1. The maximum absolute atomic E-state index is 10.1. The van der Waals surface area contributed by atoms with Gasteiger partial charge in [-0.1, -0.05) is 23.8 Å². The molecule has 0 fully saturated rings. The lowest BCUT2D eigenvalue weighted by Gasteiger charge is -2.12. The third kappa shape index (κ3) is 2.31. The van der Waals surface area contributed by atoms with Crippen molar-refractivity contribution >= 4 is 6.47 Å². The minimum Gasteiger partial charge on any atom is -0.460 e. The molecule has 0 aromatic heterocycles. The number of hydrogen-bond acceptors (Lipinski definition) is 2. The molecule has 1 rings (SSSR count). The van der Waals surface area contributed by atoms with Crippen molar-refractivity contribution in [2.45, 2.75) is 26.9 Å². The van der Waals surface area contributed by atoms with Gasteiger partial charge in [0.05, 0.1) is 0 Å². The van der Waals surface area contributed by atoms with Crippen molar-refractivity contribution in [3.63, 3.8) is 0 Å². The smallest absolute Gasteiger partial charge is 0.293 e. The Bertz CT molecular complexity index is 305. The third-order valence-electron chi connectivity index (χ3n) is 2.12. The highest BCUT2D eigenvalue weighted by atomic mass is 16.5. The van der Waals surface area contributed by atoms with E-state index in [-0.39, 0.29) is 6.10 Å². The number of hydrogen-bond donors (Lipinski definition) is 0. The van der Waals surface area contributed by atoms with Crippen LogP contribution < -0.4 is 0 Å². The molecule has 0 saturated carbocycles. The zero-order valence-corrected chi connectivity index (χ0v) is 8.20. The van der Waals surface area contributed by atoms with E-state index in [0.717, 1.165) is 11.1 Å². The first-order valence-electron chi connectivity index (χ1n) is 4.31. The normalized spacial score (nSPS) is 12.2. The molecule has 0 N–H and O–H groups in total. The zero-order valence-electron chi connectivity index (χ0n) is 8.20. The summed E-state index contributed by atoms with van der Waals surface area (Å²) in [5.41, 5.74) is 3.45. The van der Waals surface area contributed by atoms with Gasteiger partial charge in [0.1, 0.15) is 6.10 Å². The van der Waals surface area contributed by atoms with Gasteiger partial charge in [0.2, 0.25) is 0 Å². The summed E-state index contributed by atoms with van der Waals surface area (Å²) < 4.78 is 4.87. The van der Waals surface area contributed by atoms with Crippen LogP contribution >= 0.6 is 0 Å². The van der Waals surface area contributed by atoms with E-state index in [1.807, 2.05) is 32.9 Å². The van der Waals surface area contributed by atoms with E-state index in [1.165, 1.54) is 5.56 Å². The highest BCUT2D eigenvalue weighted by molar-refractivity contribution is 5.40. The van der Waals surface area contributed by atoms with Crippen LogP contribution in [0.3, 0.4) is 0 Å². The average molecular weight is 178 g/mol. The van der Waals surface area contributed by atoms with Crippen LogP contribution in [0.15, 0.2) is 18.2 Å². The second-order valence-electron chi connectivity index (χ2n) is 3.23. The number of benzene rings is 1. The van der Waals surface area contributed by atoms with Crippen LogP contribution in [0.25, 0.3) is 0 Å². The molecule has 1 aromatic carbocycles. The monoisotopic (exact) mass is 178 g/mol. The number of rotatable bonds is 3. The minimum atomic E-state index is -0.155. The molecule has 0 aliphatic heterocycles. The summed E-state index contributed by atoms with van der Waals surface area (Å²) in [6.45, 7) is 6.42. The van der Waals surface area contributed by atoms with E-state index < -0.39 is 0 Å². The summed E-state index contributed by atoms with van der Waals surface area (Å²) in [5.74, 6) is 0. The predicted octanol–water partition coefficient (Wildman–Crippen LogP) is 2.54. The van der Waals surface area contributed by atoms with Crippen molar-refractivity contribution in [1.29, 1.82) is 0 Å². The van der Waals surface area contributed by atoms with Crippen molar-refractivity contribution in [3.05, 3.63) is 34.9 Å². The van der Waals surface area contributed by atoms with Crippen LogP contribution in [0.1, 0.15) is 29.7 Å². The molecule has 0 spiro atoms. The summed E-state index contributed by atoms with van der Waals surface area (Å²) in [6.07, 6.45) is -0.155. The standard InChI is InChI=1S/C11H14O2/c1-8-4-5-11(9(2)6-8)10(3)13-7-12/h4-7,10H,1-3H3. The van der Waals surface area contributed by atoms with Gasteiger partial charge in [-0.2, -0.15) is 0 Å². The second kappa shape index (κ2) is 4.08. The van der Waals surface area contributed by atoms with Gasteiger partial charge in [-0.05, 0) is 31.9 Å². The Morgan fingerprint density at radius 3 is 2.62 bits per heavy atom. The molecule has 1 aromatic rings. The summed E-state index contributed by atoms with van der Waals surface area (Å²) in [6, 6.07) is 6.10. The zero-order chi connectivity index (χ0) is 9.84. The molecule has 13 heavy (non-hydrogen) atoms. The molecule has 1 unspecified atom stereocenters. The lowest BCUT2D eigenvalue weighted by molar-refractivity contribution is -0.133. The maximum atomic E-state index is 10.1. The summed E-state index contributed by atoms with van der Waals surface area (Å²) >= 11 is 0. The first kappa shape index (κ1) is 9.78. The molecule has 0 aliphatic carbocycles. The molecule has 0 bridgehead atoms. The van der Waals surface area contributed by atoms with Crippen molar-refractivity contribution in [2.24, 2.45) is 0 Å². The number of ether oxygens (including phenoxy) is 1. The van der Waals surface area contributed by atoms with Gasteiger partial charge in [-0.3, -0.25) is 4.79 Å². The fourth-order valence-electron chi connectivity index (χ4n) is 1.44. The molecule has 0 heterocycles. The van der Waals surface area contributed by atoms with Crippen molar-refractivity contribution in [2.75, 3.05) is 0 Å². The molecule has 0 amide bonds. The first-order valence-corrected chi connectivity index (χ1v) is 4.31. The van der Waals surface area contributed by atoms with E-state index in [0.29, 0.717) is 6.47 Å². The Morgan fingerprint density at radius 2 is 2.08 bits per heavy atom. The van der Waals surface area contributed by atoms with Gasteiger partial charge in [0.15, 0.2) is 0 Å². The van der Waals surface area contributed by atoms with Crippen LogP contribution in [0.5, 0.6) is 0 Å². The lowest BCUT2D eigenvalue weighted by Crippen LogP contribution is -2.00.